The summed E-state index contributed by atoms with van der Waals surface area (Å²) in [6.45, 7) is 7.36. The van der Waals surface area contributed by atoms with Crippen molar-refractivity contribution in [2.24, 2.45) is 5.41 Å². The fraction of sp³-hybridized carbons (Fsp3) is 0.556. The smallest absolute Gasteiger partial charge is 0.319 e. The summed E-state index contributed by atoms with van der Waals surface area (Å²) in [5.41, 5.74) is 1.34. The maximum Gasteiger partial charge on any atom is 0.319 e. The second kappa shape index (κ2) is 8.15. The first kappa shape index (κ1) is 18.3. The molecule has 0 bridgehead atoms. The van der Waals surface area contributed by atoms with Gasteiger partial charge in [-0.15, -0.1) is 0 Å². The molecule has 1 aliphatic heterocycles. The number of urea groups is 1. The molecule has 2 rings (SSSR count). The average Bonchev–Trinajstić information content (AvgIpc) is 2.98. The van der Waals surface area contributed by atoms with Crippen molar-refractivity contribution in [3.63, 3.8) is 0 Å². The van der Waals surface area contributed by atoms with Gasteiger partial charge in [0.25, 0.3) is 0 Å². The summed E-state index contributed by atoms with van der Waals surface area (Å²) in [4.78, 5) is 23.7. The van der Waals surface area contributed by atoms with E-state index in [4.69, 9.17) is 4.74 Å². The van der Waals surface area contributed by atoms with Crippen molar-refractivity contribution in [2.45, 2.75) is 46.1 Å². The first-order chi connectivity index (χ1) is 11.3. The zero-order valence-corrected chi connectivity index (χ0v) is 14.6. The Hall–Kier alpha value is -2.08. The van der Waals surface area contributed by atoms with E-state index in [-0.39, 0.29) is 23.5 Å². The highest BCUT2D eigenvalue weighted by molar-refractivity contribution is 5.92. The van der Waals surface area contributed by atoms with Gasteiger partial charge in [0.15, 0.2) is 0 Å². The van der Waals surface area contributed by atoms with Gasteiger partial charge in [-0.1, -0.05) is 20.8 Å². The predicted octanol–water partition coefficient (Wildman–Crippen LogP) is 3.36. The number of carbonyl (C=O) groups is 2. The molecule has 6 heteroatoms. The van der Waals surface area contributed by atoms with Gasteiger partial charge in [-0.3, -0.25) is 4.79 Å². The summed E-state index contributed by atoms with van der Waals surface area (Å²) in [5, 5.41) is 8.42. The molecular weight excluding hydrogens is 306 g/mol. The third kappa shape index (κ3) is 6.58. The lowest BCUT2D eigenvalue weighted by atomic mass is 9.92. The fourth-order valence-corrected chi connectivity index (χ4v) is 2.51. The van der Waals surface area contributed by atoms with Crippen LogP contribution >= 0.6 is 0 Å². The van der Waals surface area contributed by atoms with Gasteiger partial charge in [-0.05, 0) is 42.5 Å². The van der Waals surface area contributed by atoms with Crippen LogP contribution in [0.2, 0.25) is 0 Å². The SMILES string of the molecule is CC(C)(C)CC(=O)Nc1ccc(NC(=O)NCC2CCCO2)cc1. The largest absolute Gasteiger partial charge is 0.376 e. The van der Waals surface area contributed by atoms with E-state index in [1.807, 2.05) is 20.8 Å². The minimum atomic E-state index is -0.255. The number of rotatable bonds is 5. The Labute approximate surface area is 143 Å². The molecule has 24 heavy (non-hydrogen) atoms. The third-order valence-electron chi connectivity index (χ3n) is 3.63. The quantitative estimate of drug-likeness (QED) is 0.773. The summed E-state index contributed by atoms with van der Waals surface area (Å²) < 4.78 is 5.46. The lowest BCUT2D eigenvalue weighted by molar-refractivity contribution is -0.117. The van der Waals surface area contributed by atoms with Crippen LogP contribution in [-0.4, -0.2) is 31.2 Å². The zero-order valence-electron chi connectivity index (χ0n) is 14.6. The summed E-state index contributed by atoms with van der Waals surface area (Å²) in [6.07, 6.45) is 2.62. The Bertz CT molecular complexity index is 558. The van der Waals surface area contributed by atoms with Gasteiger partial charge in [-0.2, -0.15) is 0 Å². The molecule has 6 nitrogen and oxygen atoms in total. The van der Waals surface area contributed by atoms with Crippen molar-refractivity contribution in [1.29, 1.82) is 0 Å². The van der Waals surface area contributed by atoms with E-state index in [9.17, 15) is 9.59 Å². The summed E-state index contributed by atoms with van der Waals surface area (Å²) in [7, 11) is 0. The molecule has 1 saturated heterocycles. The molecule has 1 aliphatic rings. The molecule has 0 aromatic heterocycles. The molecule has 1 atom stereocenters. The van der Waals surface area contributed by atoms with E-state index in [1.165, 1.54) is 0 Å². The van der Waals surface area contributed by atoms with Crippen LogP contribution in [0.4, 0.5) is 16.2 Å². The molecule has 1 unspecified atom stereocenters. The van der Waals surface area contributed by atoms with E-state index >= 15 is 0 Å². The van der Waals surface area contributed by atoms with Crippen molar-refractivity contribution in [3.8, 4) is 0 Å². The Balaban J connectivity index is 1.76. The molecule has 3 amide bonds. The molecule has 0 spiro atoms. The Kier molecular flexibility index (Phi) is 6.20. The molecule has 0 aliphatic carbocycles. The number of ether oxygens (including phenoxy) is 1. The van der Waals surface area contributed by atoms with Crippen LogP contribution in [0.1, 0.15) is 40.0 Å². The molecule has 1 heterocycles. The molecule has 1 fully saturated rings. The van der Waals surface area contributed by atoms with Crippen LogP contribution in [0.5, 0.6) is 0 Å². The first-order valence-electron chi connectivity index (χ1n) is 8.38. The highest BCUT2D eigenvalue weighted by Gasteiger charge is 2.17. The van der Waals surface area contributed by atoms with E-state index < -0.39 is 0 Å². The molecule has 0 radical (unpaired) electrons. The molecule has 0 saturated carbocycles. The average molecular weight is 333 g/mol. The highest BCUT2D eigenvalue weighted by Crippen LogP contribution is 2.20. The predicted molar refractivity (Wildman–Crippen MR) is 95.1 cm³/mol. The summed E-state index contributed by atoms with van der Waals surface area (Å²) in [5.74, 6) is -0.0162. The minimum Gasteiger partial charge on any atom is -0.376 e. The van der Waals surface area contributed by atoms with E-state index in [0.717, 1.165) is 25.1 Å². The number of anilines is 2. The molecule has 1 aromatic rings. The summed E-state index contributed by atoms with van der Waals surface area (Å²) in [6, 6.07) is 6.82. The third-order valence-corrected chi connectivity index (χ3v) is 3.63. The normalized spacial score (nSPS) is 17.4. The second-order valence-corrected chi connectivity index (χ2v) is 7.33. The number of carbonyl (C=O) groups excluding carboxylic acids is 2. The van der Waals surface area contributed by atoms with Crippen LogP contribution in [0.3, 0.4) is 0 Å². The molecule has 132 valence electrons. The lowest BCUT2D eigenvalue weighted by Crippen LogP contribution is -2.35. The van der Waals surface area contributed by atoms with Crippen molar-refractivity contribution < 1.29 is 14.3 Å². The second-order valence-electron chi connectivity index (χ2n) is 7.33. The van der Waals surface area contributed by atoms with Crippen molar-refractivity contribution >= 4 is 23.3 Å². The van der Waals surface area contributed by atoms with Crippen molar-refractivity contribution in [2.75, 3.05) is 23.8 Å². The Morgan fingerprint density at radius 3 is 2.29 bits per heavy atom. The van der Waals surface area contributed by atoms with Crippen LogP contribution < -0.4 is 16.0 Å². The maximum atomic E-state index is 11.9. The number of amides is 3. The number of nitrogens with one attached hydrogen (secondary N) is 3. The van der Waals surface area contributed by atoms with Gasteiger partial charge < -0.3 is 20.7 Å². The number of hydrogen-bond acceptors (Lipinski definition) is 3. The maximum absolute atomic E-state index is 11.9. The fourth-order valence-electron chi connectivity index (χ4n) is 2.51. The van der Waals surface area contributed by atoms with Crippen LogP contribution in [0.25, 0.3) is 0 Å². The summed E-state index contributed by atoms with van der Waals surface area (Å²) >= 11 is 0. The molecule has 1 aromatic carbocycles. The Morgan fingerprint density at radius 1 is 1.12 bits per heavy atom. The van der Waals surface area contributed by atoms with Gasteiger partial charge in [0.05, 0.1) is 6.10 Å². The number of hydrogen-bond donors (Lipinski definition) is 3. The topological polar surface area (TPSA) is 79.5 Å². The number of benzene rings is 1. The highest BCUT2D eigenvalue weighted by atomic mass is 16.5. The van der Waals surface area contributed by atoms with Crippen LogP contribution in [0, 0.1) is 5.41 Å². The minimum absolute atomic E-state index is 0.0162. The standard InChI is InChI=1S/C18H27N3O3/c1-18(2,3)11-16(22)20-13-6-8-14(9-7-13)21-17(23)19-12-15-5-4-10-24-15/h6-9,15H,4-5,10-12H2,1-3H3,(H,20,22)(H2,19,21,23). The zero-order chi connectivity index (χ0) is 17.6. The van der Waals surface area contributed by atoms with E-state index in [2.05, 4.69) is 16.0 Å². The van der Waals surface area contributed by atoms with Crippen molar-refractivity contribution in [3.05, 3.63) is 24.3 Å². The van der Waals surface area contributed by atoms with Crippen LogP contribution in [-0.2, 0) is 9.53 Å². The molecule has 3 N–H and O–H groups in total. The Morgan fingerprint density at radius 2 is 1.75 bits per heavy atom. The van der Waals surface area contributed by atoms with Gasteiger partial charge in [0.1, 0.15) is 0 Å². The van der Waals surface area contributed by atoms with E-state index in [1.54, 1.807) is 24.3 Å². The monoisotopic (exact) mass is 333 g/mol. The molecular formula is C18H27N3O3. The van der Waals surface area contributed by atoms with Crippen LogP contribution in [0.15, 0.2) is 24.3 Å². The lowest BCUT2D eigenvalue weighted by Gasteiger charge is -2.17. The van der Waals surface area contributed by atoms with Gasteiger partial charge in [0.2, 0.25) is 5.91 Å². The van der Waals surface area contributed by atoms with E-state index in [0.29, 0.717) is 18.7 Å². The van der Waals surface area contributed by atoms with Gasteiger partial charge in [-0.25, -0.2) is 4.79 Å². The first-order valence-corrected chi connectivity index (χ1v) is 8.38. The van der Waals surface area contributed by atoms with Crippen molar-refractivity contribution in [1.82, 2.24) is 5.32 Å². The van der Waals surface area contributed by atoms with Gasteiger partial charge in [0, 0.05) is 30.9 Å². The van der Waals surface area contributed by atoms with Gasteiger partial charge >= 0.3 is 6.03 Å².